The fourth-order valence-corrected chi connectivity index (χ4v) is 6.75. The van der Waals surface area contributed by atoms with Crippen molar-refractivity contribution in [1.82, 2.24) is 0 Å². The fourth-order valence-electron chi connectivity index (χ4n) is 6.75. The quantitative estimate of drug-likeness (QED) is 0.619. The fraction of sp³-hybridized carbons (Fsp3) is 0.750. The Balaban J connectivity index is 1.56. The van der Waals surface area contributed by atoms with Crippen molar-refractivity contribution in [1.29, 1.82) is 0 Å². The average molecular weight is 298 g/mol. The van der Waals surface area contributed by atoms with E-state index in [1.807, 2.05) is 6.92 Å². The summed E-state index contributed by atoms with van der Waals surface area (Å²) >= 11 is 0. The van der Waals surface area contributed by atoms with Crippen molar-refractivity contribution in [2.75, 3.05) is 0 Å². The van der Waals surface area contributed by atoms with Crippen molar-refractivity contribution >= 4 is 5.97 Å². The van der Waals surface area contributed by atoms with Crippen LogP contribution in [0.2, 0.25) is 0 Å². The van der Waals surface area contributed by atoms with E-state index >= 15 is 0 Å². The first kappa shape index (κ1) is 13.4. The maximum Gasteiger partial charge on any atom is 0.334 e. The van der Waals surface area contributed by atoms with E-state index in [0.29, 0.717) is 16.7 Å². The van der Waals surface area contributed by atoms with E-state index in [1.165, 1.54) is 37.7 Å². The number of hydrogen-bond acceptors (Lipinski definition) is 2. The molecular formula is C20H26O2. The van der Waals surface area contributed by atoms with Crippen LogP contribution in [0.4, 0.5) is 0 Å². The Morgan fingerprint density at radius 1 is 1.23 bits per heavy atom. The minimum atomic E-state index is -0.0879. The second-order valence-electron chi connectivity index (χ2n) is 9.02. The van der Waals surface area contributed by atoms with Gasteiger partial charge in [0.25, 0.3) is 0 Å². The van der Waals surface area contributed by atoms with E-state index in [9.17, 15) is 4.79 Å². The summed E-state index contributed by atoms with van der Waals surface area (Å²) in [6, 6.07) is 0. The smallest absolute Gasteiger partial charge is 0.334 e. The van der Waals surface area contributed by atoms with Gasteiger partial charge in [0.15, 0.2) is 0 Å². The van der Waals surface area contributed by atoms with Crippen LogP contribution in [0, 0.1) is 28.6 Å². The highest BCUT2D eigenvalue weighted by Gasteiger charge is 2.65. The third kappa shape index (κ3) is 1.45. The van der Waals surface area contributed by atoms with Crippen LogP contribution in [-0.4, -0.2) is 12.1 Å². The predicted octanol–water partition coefficient (Wildman–Crippen LogP) is 4.41. The minimum Gasteiger partial charge on any atom is -0.454 e. The lowest BCUT2D eigenvalue weighted by molar-refractivity contribution is -0.141. The SMILES string of the molecule is CC1=C2C=C3CCC4C5(C)CC5CCC4(C)C3CC2OC1=O. The first-order valence-electron chi connectivity index (χ1n) is 9.06. The van der Waals surface area contributed by atoms with Crippen LogP contribution in [0.25, 0.3) is 0 Å². The monoisotopic (exact) mass is 298 g/mol. The summed E-state index contributed by atoms with van der Waals surface area (Å²) < 4.78 is 5.66. The van der Waals surface area contributed by atoms with Crippen LogP contribution in [-0.2, 0) is 9.53 Å². The van der Waals surface area contributed by atoms with Crippen LogP contribution in [0.1, 0.15) is 59.3 Å². The number of rotatable bonds is 0. The predicted molar refractivity (Wildman–Crippen MR) is 85.0 cm³/mol. The summed E-state index contributed by atoms with van der Waals surface area (Å²) in [5.74, 6) is 2.43. The molecule has 6 unspecified atom stereocenters. The van der Waals surface area contributed by atoms with Gasteiger partial charge >= 0.3 is 5.97 Å². The first-order chi connectivity index (χ1) is 10.4. The standard InChI is InChI=1S/C20H26O2/c1-11-14-8-12-4-5-17-19(2,7-6-13-10-20(13,17)3)15(12)9-16(14)22-18(11)21/h8,13,15-17H,4-7,9-10H2,1-3H3. The molecule has 5 aliphatic rings. The molecular weight excluding hydrogens is 272 g/mol. The second kappa shape index (κ2) is 3.88. The topological polar surface area (TPSA) is 26.3 Å². The maximum atomic E-state index is 11.9. The van der Waals surface area contributed by atoms with Crippen LogP contribution in [0.3, 0.4) is 0 Å². The molecule has 0 amide bonds. The van der Waals surface area contributed by atoms with E-state index in [2.05, 4.69) is 19.9 Å². The van der Waals surface area contributed by atoms with E-state index < -0.39 is 0 Å². The van der Waals surface area contributed by atoms with Crippen LogP contribution in [0.5, 0.6) is 0 Å². The Kier molecular flexibility index (Phi) is 2.36. The molecule has 1 aliphatic heterocycles. The van der Waals surface area contributed by atoms with E-state index in [4.69, 9.17) is 4.74 Å². The lowest BCUT2D eigenvalue weighted by Gasteiger charge is -2.55. The molecule has 5 rings (SSSR count). The number of hydrogen-bond donors (Lipinski definition) is 0. The minimum absolute atomic E-state index is 0.0431. The lowest BCUT2D eigenvalue weighted by atomic mass is 9.49. The first-order valence-corrected chi connectivity index (χ1v) is 9.06. The summed E-state index contributed by atoms with van der Waals surface area (Å²) in [4.78, 5) is 11.9. The van der Waals surface area contributed by atoms with E-state index in [-0.39, 0.29) is 12.1 Å². The van der Waals surface area contributed by atoms with Gasteiger partial charge in [-0.15, -0.1) is 0 Å². The average Bonchev–Trinajstić information content (AvgIpc) is 3.09. The zero-order valence-electron chi connectivity index (χ0n) is 13.9. The summed E-state index contributed by atoms with van der Waals surface area (Å²) in [6.45, 7) is 7.02. The molecule has 0 saturated heterocycles. The van der Waals surface area contributed by atoms with Crippen molar-refractivity contribution in [2.45, 2.75) is 65.4 Å². The summed E-state index contributed by atoms with van der Waals surface area (Å²) in [7, 11) is 0. The zero-order valence-corrected chi connectivity index (χ0v) is 13.9. The molecule has 0 bridgehead atoms. The van der Waals surface area contributed by atoms with Crippen molar-refractivity contribution in [2.24, 2.45) is 28.6 Å². The van der Waals surface area contributed by atoms with Crippen molar-refractivity contribution in [3.8, 4) is 0 Å². The van der Waals surface area contributed by atoms with Crippen LogP contribution in [0.15, 0.2) is 22.8 Å². The molecule has 6 atom stereocenters. The molecule has 0 N–H and O–H groups in total. The summed E-state index contributed by atoms with van der Waals surface area (Å²) in [5.41, 5.74) is 4.70. The zero-order chi connectivity index (χ0) is 15.3. The number of fused-ring (bicyclic) bond motifs is 6. The van der Waals surface area contributed by atoms with Gasteiger partial charge in [-0.1, -0.05) is 25.5 Å². The molecule has 3 fully saturated rings. The van der Waals surface area contributed by atoms with Crippen molar-refractivity contribution < 1.29 is 9.53 Å². The summed E-state index contributed by atoms with van der Waals surface area (Å²) in [6.07, 6.45) is 10.3. The van der Waals surface area contributed by atoms with Gasteiger partial charge in [-0.2, -0.15) is 0 Å². The third-order valence-electron chi connectivity index (χ3n) is 8.17. The Bertz CT molecular complexity index is 642. The Labute approximate surface area is 133 Å². The lowest BCUT2D eigenvalue weighted by Crippen LogP contribution is -2.48. The molecule has 0 spiro atoms. The number of ether oxygens (including phenoxy) is 1. The van der Waals surface area contributed by atoms with Gasteiger partial charge < -0.3 is 4.74 Å². The van der Waals surface area contributed by atoms with Crippen LogP contribution < -0.4 is 0 Å². The largest absolute Gasteiger partial charge is 0.454 e. The van der Waals surface area contributed by atoms with E-state index in [1.54, 1.807) is 5.57 Å². The molecule has 0 radical (unpaired) electrons. The molecule has 22 heavy (non-hydrogen) atoms. The molecule has 0 aromatic rings. The van der Waals surface area contributed by atoms with Gasteiger partial charge in [-0.05, 0) is 74.0 Å². The molecule has 0 aromatic carbocycles. The highest BCUT2D eigenvalue weighted by molar-refractivity contribution is 5.92. The Morgan fingerprint density at radius 3 is 2.86 bits per heavy atom. The molecule has 3 saturated carbocycles. The number of allylic oxidation sites excluding steroid dienone is 1. The molecule has 4 aliphatic carbocycles. The van der Waals surface area contributed by atoms with Gasteiger partial charge in [0.05, 0.1) is 0 Å². The summed E-state index contributed by atoms with van der Waals surface area (Å²) in [5, 5.41) is 0. The Hall–Kier alpha value is -1.05. The number of carbonyl (C=O) groups is 1. The van der Waals surface area contributed by atoms with Gasteiger partial charge in [0.2, 0.25) is 0 Å². The molecule has 1 heterocycles. The third-order valence-corrected chi connectivity index (χ3v) is 8.17. The van der Waals surface area contributed by atoms with Gasteiger partial charge in [-0.25, -0.2) is 4.79 Å². The van der Waals surface area contributed by atoms with Crippen molar-refractivity contribution in [3.63, 3.8) is 0 Å². The molecule has 118 valence electrons. The Morgan fingerprint density at radius 2 is 2.05 bits per heavy atom. The normalized spacial score (nSPS) is 52.1. The number of esters is 1. The second-order valence-corrected chi connectivity index (χ2v) is 9.02. The number of carbonyl (C=O) groups excluding carboxylic acids is 1. The highest BCUT2D eigenvalue weighted by Crippen LogP contribution is 2.73. The molecule has 0 aromatic heterocycles. The van der Waals surface area contributed by atoms with Crippen molar-refractivity contribution in [3.05, 3.63) is 22.8 Å². The van der Waals surface area contributed by atoms with Gasteiger partial charge in [-0.3, -0.25) is 0 Å². The molecule has 2 heteroatoms. The highest BCUT2D eigenvalue weighted by atomic mass is 16.5. The van der Waals surface area contributed by atoms with Crippen LogP contribution >= 0.6 is 0 Å². The molecule has 2 nitrogen and oxygen atoms in total. The van der Waals surface area contributed by atoms with Gasteiger partial charge in [0.1, 0.15) is 6.10 Å². The maximum absolute atomic E-state index is 11.9. The van der Waals surface area contributed by atoms with E-state index in [0.717, 1.165) is 23.8 Å². The van der Waals surface area contributed by atoms with Gasteiger partial charge in [0, 0.05) is 11.1 Å².